The molecule has 0 aliphatic heterocycles. The van der Waals surface area contributed by atoms with Gasteiger partial charge in [0, 0.05) is 12.0 Å². The molecule has 2 N–H and O–H groups in total. The molecule has 24 heavy (non-hydrogen) atoms. The predicted molar refractivity (Wildman–Crippen MR) is 98.9 cm³/mol. The van der Waals surface area contributed by atoms with Crippen LogP contribution in [0.4, 0.5) is 0 Å². The molecule has 1 aromatic carbocycles. The number of rotatable bonds is 5. The van der Waals surface area contributed by atoms with Crippen molar-refractivity contribution in [2.45, 2.75) is 66.3 Å². The molecule has 0 aliphatic rings. The molecule has 0 bridgehead atoms. The number of nitrogens with one attached hydrogen (secondary N) is 2. The highest BCUT2D eigenvalue weighted by molar-refractivity contribution is 5.89. The fourth-order valence-electron chi connectivity index (χ4n) is 2.13. The Bertz CT molecular complexity index is 563. The van der Waals surface area contributed by atoms with Crippen LogP contribution >= 0.6 is 0 Å². The Kier molecular flexibility index (Phi) is 6.58. The van der Waals surface area contributed by atoms with Gasteiger partial charge in [-0.1, -0.05) is 65.8 Å². The monoisotopic (exact) mass is 332 g/mol. The van der Waals surface area contributed by atoms with E-state index in [0.29, 0.717) is 6.54 Å². The molecule has 0 aliphatic carbocycles. The maximum Gasteiger partial charge on any atom is 0.242 e. The van der Waals surface area contributed by atoms with Gasteiger partial charge in [-0.15, -0.1) is 0 Å². The number of amides is 2. The summed E-state index contributed by atoms with van der Waals surface area (Å²) < 4.78 is 0. The van der Waals surface area contributed by atoms with Crippen molar-refractivity contribution in [1.82, 2.24) is 10.6 Å². The Hall–Kier alpha value is -1.84. The number of hydrogen-bond donors (Lipinski definition) is 2. The topological polar surface area (TPSA) is 58.2 Å². The van der Waals surface area contributed by atoms with E-state index in [9.17, 15) is 9.59 Å². The largest absolute Gasteiger partial charge is 0.354 e. The van der Waals surface area contributed by atoms with E-state index in [1.165, 1.54) is 11.1 Å². The number of carbonyl (C=O) groups excluding carboxylic acids is 2. The summed E-state index contributed by atoms with van der Waals surface area (Å²) in [5.74, 6) is -0.276. The molecule has 4 nitrogen and oxygen atoms in total. The van der Waals surface area contributed by atoms with Gasteiger partial charge in [0.1, 0.15) is 6.04 Å². The van der Waals surface area contributed by atoms with E-state index >= 15 is 0 Å². The minimum Gasteiger partial charge on any atom is -0.354 e. The van der Waals surface area contributed by atoms with Crippen LogP contribution in [0.25, 0.3) is 0 Å². The molecular weight excluding hydrogens is 300 g/mol. The van der Waals surface area contributed by atoms with Gasteiger partial charge in [0.15, 0.2) is 0 Å². The van der Waals surface area contributed by atoms with Crippen LogP contribution in [0.5, 0.6) is 0 Å². The maximum absolute atomic E-state index is 12.1. The zero-order valence-corrected chi connectivity index (χ0v) is 16.1. The zero-order chi connectivity index (χ0) is 18.5. The first-order valence-electron chi connectivity index (χ1n) is 8.59. The SMILES string of the molecule is CC(NC(=O)C(C)(C)C)C(=O)NCCc1ccc(C(C)(C)C)cc1. The van der Waals surface area contributed by atoms with Crippen molar-refractivity contribution in [2.75, 3.05) is 6.54 Å². The highest BCUT2D eigenvalue weighted by Gasteiger charge is 2.24. The molecule has 0 saturated carbocycles. The molecular formula is C20H32N2O2. The van der Waals surface area contributed by atoms with E-state index in [-0.39, 0.29) is 17.2 Å². The molecule has 2 amide bonds. The first-order valence-corrected chi connectivity index (χ1v) is 8.59. The van der Waals surface area contributed by atoms with E-state index in [0.717, 1.165) is 6.42 Å². The third-order valence-electron chi connectivity index (χ3n) is 3.95. The second-order valence-corrected chi connectivity index (χ2v) is 8.43. The van der Waals surface area contributed by atoms with Gasteiger partial charge in [0.05, 0.1) is 0 Å². The Morgan fingerprint density at radius 3 is 2.00 bits per heavy atom. The second-order valence-electron chi connectivity index (χ2n) is 8.43. The lowest BCUT2D eigenvalue weighted by Gasteiger charge is -2.21. The maximum atomic E-state index is 12.1. The van der Waals surface area contributed by atoms with Crippen molar-refractivity contribution in [1.29, 1.82) is 0 Å². The lowest BCUT2D eigenvalue weighted by atomic mass is 9.86. The second kappa shape index (κ2) is 7.82. The normalized spacial score (nSPS) is 13.3. The molecule has 4 heteroatoms. The van der Waals surface area contributed by atoms with Crippen LogP contribution in [-0.4, -0.2) is 24.4 Å². The molecule has 1 unspecified atom stereocenters. The molecule has 0 radical (unpaired) electrons. The van der Waals surface area contributed by atoms with E-state index in [2.05, 4.69) is 55.7 Å². The quantitative estimate of drug-likeness (QED) is 0.870. The summed E-state index contributed by atoms with van der Waals surface area (Å²) in [4.78, 5) is 24.0. The summed E-state index contributed by atoms with van der Waals surface area (Å²) in [6, 6.07) is 7.97. The average Bonchev–Trinajstić information content (AvgIpc) is 2.45. The Balaban J connectivity index is 2.44. The van der Waals surface area contributed by atoms with Crippen molar-refractivity contribution >= 4 is 11.8 Å². The molecule has 0 fully saturated rings. The summed E-state index contributed by atoms with van der Waals surface area (Å²) in [6.45, 7) is 14.3. The van der Waals surface area contributed by atoms with Crippen LogP contribution in [0, 0.1) is 5.41 Å². The van der Waals surface area contributed by atoms with Gasteiger partial charge in [-0.25, -0.2) is 0 Å². The molecule has 0 saturated heterocycles. The zero-order valence-electron chi connectivity index (χ0n) is 16.1. The number of benzene rings is 1. The Morgan fingerprint density at radius 2 is 1.54 bits per heavy atom. The molecule has 1 atom stereocenters. The highest BCUT2D eigenvalue weighted by Crippen LogP contribution is 2.22. The van der Waals surface area contributed by atoms with Crippen molar-refractivity contribution in [3.05, 3.63) is 35.4 Å². The fourth-order valence-corrected chi connectivity index (χ4v) is 2.13. The molecule has 1 rings (SSSR count). The first-order chi connectivity index (χ1) is 10.9. The third kappa shape index (κ3) is 6.34. The van der Waals surface area contributed by atoms with Crippen molar-refractivity contribution in [3.8, 4) is 0 Å². The van der Waals surface area contributed by atoms with E-state index in [1.54, 1.807) is 6.92 Å². The third-order valence-corrected chi connectivity index (χ3v) is 3.95. The molecule has 134 valence electrons. The summed E-state index contributed by atoms with van der Waals surface area (Å²) in [5.41, 5.74) is 2.14. The molecule has 0 aromatic heterocycles. The van der Waals surface area contributed by atoms with Crippen LogP contribution in [0.2, 0.25) is 0 Å². The van der Waals surface area contributed by atoms with E-state index in [4.69, 9.17) is 0 Å². The number of carbonyl (C=O) groups is 2. The average molecular weight is 332 g/mol. The molecule has 1 aromatic rings. The van der Waals surface area contributed by atoms with Crippen LogP contribution in [-0.2, 0) is 21.4 Å². The van der Waals surface area contributed by atoms with Crippen molar-refractivity contribution in [2.24, 2.45) is 5.41 Å². The van der Waals surface area contributed by atoms with E-state index < -0.39 is 11.5 Å². The summed E-state index contributed by atoms with van der Waals surface area (Å²) in [6.07, 6.45) is 0.774. The number of hydrogen-bond acceptors (Lipinski definition) is 2. The Labute approximate surface area is 146 Å². The van der Waals surface area contributed by atoms with Gasteiger partial charge in [0.2, 0.25) is 11.8 Å². The van der Waals surface area contributed by atoms with Crippen LogP contribution in [0.1, 0.15) is 59.6 Å². The minimum atomic E-state index is -0.528. The lowest BCUT2D eigenvalue weighted by molar-refractivity contribution is -0.133. The lowest BCUT2D eigenvalue weighted by Crippen LogP contribution is -2.48. The van der Waals surface area contributed by atoms with Crippen LogP contribution in [0.3, 0.4) is 0 Å². The van der Waals surface area contributed by atoms with Gasteiger partial charge >= 0.3 is 0 Å². The van der Waals surface area contributed by atoms with Gasteiger partial charge in [-0.05, 0) is 29.9 Å². The van der Waals surface area contributed by atoms with Crippen LogP contribution in [0.15, 0.2) is 24.3 Å². The molecule has 0 spiro atoms. The molecule has 0 heterocycles. The smallest absolute Gasteiger partial charge is 0.242 e. The predicted octanol–water partition coefficient (Wildman–Crippen LogP) is 3.19. The summed E-state index contributed by atoms with van der Waals surface area (Å²) >= 11 is 0. The fraction of sp³-hybridized carbons (Fsp3) is 0.600. The minimum absolute atomic E-state index is 0.122. The van der Waals surface area contributed by atoms with Gasteiger partial charge in [-0.3, -0.25) is 9.59 Å². The summed E-state index contributed by atoms with van der Waals surface area (Å²) in [7, 11) is 0. The summed E-state index contributed by atoms with van der Waals surface area (Å²) in [5, 5.41) is 5.62. The van der Waals surface area contributed by atoms with Gasteiger partial charge in [-0.2, -0.15) is 0 Å². The standard InChI is InChI=1S/C20H32N2O2/c1-14(22-18(24)20(5,6)7)17(23)21-13-12-15-8-10-16(11-9-15)19(2,3)4/h8-11,14H,12-13H2,1-7H3,(H,21,23)(H,22,24). The highest BCUT2D eigenvalue weighted by atomic mass is 16.2. The van der Waals surface area contributed by atoms with Gasteiger partial charge < -0.3 is 10.6 Å². The Morgan fingerprint density at radius 1 is 1.00 bits per heavy atom. The van der Waals surface area contributed by atoms with E-state index in [1.807, 2.05) is 20.8 Å². The van der Waals surface area contributed by atoms with Gasteiger partial charge in [0.25, 0.3) is 0 Å². The van der Waals surface area contributed by atoms with Crippen molar-refractivity contribution < 1.29 is 9.59 Å². The first kappa shape index (κ1) is 20.2. The van der Waals surface area contributed by atoms with Crippen molar-refractivity contribution in [3.63, 3.8) is 0 Å². The van der Waals surface area contributed by atoms with Crippen LogP contribution < -0.4 is 10.6 Å².